The third-order valence-electron chi connectivity index (χ3n) is 3.88. The number of hydrogen-bond donors (Lipinski definition) is 3. The average Bonchev–Trinajstić information content (AvgIpc) is 3.15. The van der Waals surface area contributed by atoms with E-state index in [0.717, 1.165) is 29.4 Å². The maximum absolute atomic E-state index is 4.63. The van der Waals surface area contributed by atoms with Crippen molar-refractivity contribution in [1.29, 1.82) is 0 Å². The van der Waals surface area contributed by atoms with Crippen LogP contribution in [0, 0.1) is 0 Å². The summed E-state index contributed by atoms with van der Waals surface area (Å²) < 4.78 is 1.78. The number of fused-ring (bicyclic) bond motifs is 1. The predicted molar refractivity (Wildman–Crippen MR) is 84.2 cm³/mol. The van der Waals surface area contributed by atoms with Gasteiger partial charge < -0.3 is 5.32 Å². The van der Waals surface area contributed by atoms with Crippen LogP contribution in [0.5, 0.6) is 0 Å². The summed E-state index contributed by atoms with van der Waals surface area (Å²) in [6, 6.07) is 14.4. The highest BCUT2D eigenvalue weighted by Crippen LogP contribution is 2.18. The standard InChI is InChI=1S/C15H17N7/c1-10-12(9-16-18-10)17-13-7-8-14-19-20-15(22(14)21-13)11-5-3-2-4-6-11/h2-8,10,12,16,18H,9H2,1H3,(H,17,21). The van der Waals surface area contributed by atoms with Gasteiger partial charge in [-0.15, -0.1) is 15.3 Å². The molecule has 1 saturated heterocycles. The second-order valence-corrected chi connectivity index (χ2v) is 5.44. The average molecular weight is 295 g/mol. The summed E-state index contributed by atoms with van der Waals surface area (Å²) in [7, 11) is 0. The van der Waals surface area contributed by atoms with E-state index in [1.807, 2.05) is 42.5 Å². The quantitative estimate of drug-likeness (QED) is 0.671. The molecule has 1 aliphatic rings. The highest BCUT2D eigenvalue weighted by molar-refractivity contribution is 5.59. The molecule has 3 heterocycles. The van der Waals surface area contributed by atoms with Crippen molar-refractivity contribution < 1.29 is 0 Å². The molecule has 0 radical (unpaired) electrons. The molecule has 0 aliphatic carbocycles. The lowest BCUT2D eigenvalue weighted by molar-refractivity contribution is 0.577. The molecule has 0 amide bonds. The topological polar surface area (TPSA) is 79.2 Å². The van der Waals surface area contributed by atoms with Crippen LogP contribution in [0.2, 0.25) is 0 Å². The molecule has 7 heteroatoms. The van der Waals surface area contributed by atoms with Crippen molar-refractivity contribution in [1.82, 2.24) is 30.7 Å². The molecule has 1 aromatic carbocycles. The van der Waals surface area contributed by atoms with Gasteiger partial charge in [-0.1, -0.05) is 30.3 Å². The number of rotatable bonds is 3. The molecule has 7 nitrogen and oxygen atoms in total. The second-order valence-electron chi connectivity index (χ2n) is 5.44. The maximum atomic E-state index is 4.63. The highest BCUT2D eigenvalue weighted by atomic mass is 15.4. The molecule has 2 unspecified atom stereocenters. The molecule has 1 fully saturated rings. The fourth-order valence-electron chi connectivity index (χ4n) is 2.61. The fourth-order valence-corrected chi connectivity index (χ4v) is 2.61. The van der Waals surface area contributed by atoms with E-state index in [2.05, 4.69) is 38.4 Å². The van der Waals surface area contributed by atoms with Crippen molar-refractivity contribution >= 4 is 11.5 Å². The third-order valence-corrected chi connectivity index (χ3v) is 3.88. The van der Waals surface area contributed by atoms with Crippen LogP contribution in [-0.4, -0.2) is 38.4 Å². The summed E-state index contributed by atoms with van der Waals surface area (Å²) in [5, 5.41) is 16.5. The highest BCUT2D eigenvalue weighted by Gasteiger charge is 2.22. The Morgan fingerprint density at radius 3 is 2.77 bits per heavy atom. The summed E-state index contributed by atoms with van der Waals surface area (Å²) >= 11 is 0. The largest absolute Gasteiger partial charge is 0.363 e. The van der Waals surface area contributed by atoms with Crippen molar-refractivity contribution in [3.05, 3.63) is 42.5 Å². The van der Waals surface area contributed by atoms with Crippen LogP contribution in [0.3, 0.4) is 0 Å². The van der Waals surface area contributed by atoms with Crippen LogP contribution < -0.4 is 16.2 Å². The molecular weight excluding hydrogens is 278 g/mol. The lowest BCUT2D eigenvalue weighted by atomic mass is 10.2. The summed E-state index contributed by atoms with van der Waals surface area (Å²) in [6.45, 7) is 2.99. The van der Waals surface area contributed by atoms with Crippen LogP contribution in [-0.2, 0) is 0 Å². The SMILES string of the molecule is CC1NNCC1Nc1ccc2nnc(-c3ccccc3)n2n1. The number of nitrogens with zero attached hydrogens (tertiary/aromatic N) is 4. The molecule has 4 rings (SSSR count). The summed E-state index contributed by atoms with van der Waals surface area (Å²) in [6.07, 6.45) is 0. The molecule has 1 aliphatic heterocycles. The van der Waals surface area contributed by atoms with Crippen molar-refractivity contribution in [3.63, 3.8) is 0 Å². The Hall–Kier alpha value is -2.51. The molecule has 112 valence electrons. The monoisotopic (exact) mass is 295 g/mol. The van der Waals surface area contributed by atoms with Crippen molar-refractivity contribution in [2.24, 2.45) is 0 Å². The molecule has 22 heavy (non-hydrogen) atoms. The molecular formula is C15H17N7. The van der Waals surface area contributed by atoms with Crippen molar-refractivity contribution in [3.8, 4) is 11.4 Å². The number of nitrogens with one attached hydrogen (secondary N) is 3. The minimum Gasteiger partial charge on any atom is -0.363 e. The lowest BCUT2D eigenvalue weighted by Gasteiger charge is -2.16. The van der Waals surface area contributed by atoms with E-state index in [-0.39, 0.29) is 0 Å². The van der Waals surface area contributed by atoms with Gasteiger partial charge in [-0.25, -0.2) is 0 Å². The van der Waals surface area contributed by atoms with Gasteiger partial charge in [0, 0.05) is 18.2 Å². The first-order valence-corrected chi connectivity index (χ1v) is 7.34. The van der Waals surface area contributed by atoms with Crippen LogP contribution in [0.4, 0.5) is 5.82 Å². The molecule has 3 aromatic rings. The van der Waals surface area contributed by atoms with E-state index in [1.54, 1.807) is 4.52 Å². The Morgan fingerprint density at radius 1 is 1.14 bits per heavy atom. The normalized spacial score (nSPS) is 21.3. The Kier molecular flexibility index (Phi) is 3.21. The first-order valence-electron chi connectivity index (χ1n) is 7.34. The third kappa shape index (κ3) is 2.30. The Labute approximate surface area is 127 Å². The van der Waals surface area contributed by atoms with Gasteiger partial charge in [-0.2, -0.15) is 4.52 Å². The van der Waals surface area contributed by atoms with Gasteiger partial charge in [0.1, 0.15) is 5.82 Å². The number of benzene rings is 1. The van der Waals surface area contributed by atoms with Crippen molar-refractivity contribution in [2.75, 3.05) is 11.9 Å². The zero-order valence-corrected chi connectivity index (χ0v) is 12.2. The van der Waals surface area contributed by atoms with Crippen molar-refractivity contribution in [2.45, 2.75) is 19.0 Å². The number of aromatic nitrogens is 4. The summed E-state index contributed by atoms with van der Waals surface area (Å²) in [5.74, 6) is 1.56. The Bertz CT molecular complexity index is 783. The van der Waals surface area contributed by atoms with Crippen LogP contribution in [0.1, 0.15) is 6.92 Å². The lowest BCUT2D eigenvalue weighted by Crippen LogP contribution is -2.34. The zero-order valence-electron chi connectivity index (χ0n) is 12.2. The van der Waals surface area contributed by atoms with Gasteiger partial charge in [0.25, 0.3) is 0 Å². The van der Waals surface area contributed by atoms with E-state index in [9.17, 15) is 0 Å². The van der Waals surface area contributed by atoms with Crippen LogP contribution in [0.25, 0.3) is 17.0 Å². The summed E-state index contributed by atoms with van der Waals surface area (Å²) in [5.41, 5.74) is 8.06. The maximum Gasteiger partial charge on any atom is 0.185 e. The van der Waals surface area contributed by atoms with Gasteiger partial charge in [-0.05, 0) is 19.1 Å². The number of anilines is 1. The second kappa shape index (κ2) is 5.36. The molecule has 3 N–H and O–H groups in total. The van der Waals surface area contributed by atoms with Gasteiger partial charge in [0.05, 0.1) is 6.04 Å². The first-order chi connectivity index (χ1) is 10.8. The molecule has 2 atom stereocenters. The number of hydrogen-bond acceptors (Lipinski definition) is 6. The number of hydrazine groups is 1. The Morgan fingerprint density at radius 2 is 2.00 bits per heavy atom. The van der Waals surface area contributed by atoms with Crippen LogP contribution in [0.15, 0.2) is 42.5 Å². The van der Waals surface area contributed by atoms with E-state index in [4.69, 9.17) is 0 Å². The van der Waals surface area contributed by atoms with Gasteiger partial charge >= 0.3 is 0 Å². The van der Waals surface area contributed by atoms with E-state index in [0.29, 0.717) is 12.1 Å². The first kappa shape index (κ1) is 13.2. The molecule has 0 spiro atoms. The zero-order chi connectivity index (χ0) is 14.9. The van der Waals surface area contributed by atoms with Crippen LogP contribution >= 0.6 is 0 Å². The van der Waals surface area contributed by atoms with E-state index >= 15 is 0 Å². The van der Waals surface area contributed by atoms with E-state index < -0.39 is 0 Å². The Balaban J connectivity index is 1.70. The van der Waals surface area contributed by atoms with Gasteiger partial charge in [0.15, 0.2) is 11.5 Å². The summed E-state index contributed by atoms with van der Waals surface area (Å²) in [4.78, 5) is 0. The van der Waals surface area contributed by atoms with Gasteiger partial charge in [-0.3, -0.25) is 10.9 Å². The minimum absolute atomic E-state index is 0.293. The minimum atomic E-state index is 0.293. The predicted octanol–water partition coefficient (Wildman–Crippen LogP) is 1.07. The fraction of sp³-hybridized carbons (Fsp3) is 0.267. The van der Waals surface area contributed by atoms with E-state index in [1.165, 1.54) is 0 Å². The smallest absolute Gasteiger partial charge is 0.185 e. The van der Waals surface area contributed by atoms with Gasteiger partial charge in [0.2, 0.25) is 0 Å². The molecule has 2 aromatic heterocycles. The molecule has 0 bridgehead atoms. The molecule has 0 saturated carbocycles.